The topological polar surface area (TPSA) is 38.0 Å². The van der Waals surface area contributed by atoms with Crippen LogP contribution in [0.15, 0.2) is 0 Å². The van der Waals surface area contributed by atoms with Crippen LogP contribution < -0.4 is 11.3 Å². The Morgan fingerprint density at radius 2 is 1.59 bits per heavy atom. The van der Waals surface area contributed by atoms with Gasteiger partial charge in [0.2, 0.25) is 0 Å². The second kappa shape index (κ2) is 9.90. The Morgan fingerprint density at radius 1 is 1.00 bits per heavy atom. The van der Waals surface area contributed by atoms with E-state index in [1.54, 1.807) is 0 Å². The molecular weight excluding hydrogens is 208 g/mol. The molecule has 1 unspecified atom stereocenters. The number of nitrogens with two attached hydrogens (primary N) is 1. The summed E-state index contributed by atoms with van der Waals surface area (Å²) in [5, 5.41) is 0. The summed E-state index contributed by atoms with van der Waals surface area (Å²) in [6, 6.07) is 0.601. The van der Waals surface area contributed by atoms with E-state index in [9.17, 15) is 0 Å². The average molecular weight is 240 g/mol. The van der Waals surface area contributed by atoms with Gasteiger partial charge in [-0.25, -0.2) is 0 Å². The molecule has 0 aromatic rings. The summed E-state index contributed by atoms with van der Waals surface area (Å²) in [6.07, 6.45) is 16.8. The Balaban J connectivity index is 1.85. The fourth-order valence-electron chi connectivity index (χ4n) is 2.80. The average Bonchev–Trinajstić information content (AvgIpc) is 2.28. The largest absolute Gasteiger partial charge is 0.271 e. The first kappa shape index (κ1) is 15.0. The molecule has 2 heteroatoms. The van der Waals surface area contributed by atoms with Gasteiger partial charge in [-0.05, 0) is 25.2 Å². The number of rotatable bonds is 11. The summed E-state index contributed by atoms with van der Waals surface area (Å²) in [5.41, 5.74) is 3.02. The van der Waals surface area contributed by atoms with Crippen molar-refractivity contribution in [1.29, 1.82) is 0 Å². The molecule has 102 valence electrons. The highest BCUT2D eigenvalue weighted by molar-refractivity contribution is 4.81. The van der Waals surface area contributed by atoms with E-state index in [2.05, 4.69) is 12.3 Å². The van der Waals surface area contributed by atoms with E-state index >= 15 is 0 Å². The Labute approximate surface area is 108 Å². The summed E-state index contributed by atoms with van der Waals surface area (Å²) in [7, 11) is 0. The number of hydrazine groups is 1. The van der Waals surface area contributed by atoms with Gasteiger partial charge in [-0.2, -0.15) is 0 Å². The zero-order valence-electron chi connectivity index (χ0n) is 11.7. The minimum Gasteiger partial charge on any atom is -0.271 e. The number of hydrogen-bond acceptors (Lipinski definition) is 2. The van der Waals surface area contributed by atoms with Gasteiger partial charge in [-0.3, -0.25) is 11.3 Å². The lowest BCUT2D eigenvalue weighted by Crippen LogP contribution is -2.43. The van der Waals surface area contributed by atoms with Crippen LogP contribution in [0.25, 0.3) is 0 Å². The molecule has 1 fully saturated rings. The molecule has 1 saturated carbocycles. The first-order valence-electron chi connectivity index (χ1n) is 7.84. The van der Waals surface area contributed by atoms with Crippen molar-refractivity contribution in [3.63, 3.8) is 0 Å². The molecule has 0 amide bonds. The lowest BCUT2D eigenvalue weighted by Gasteiger charge is -2.33. The number of nitrogens with one attached hydrogen (secondary N) is 1. The molecule has 0 spiro atoms. The van der Waals surface area contributed by atoms with Crippen LogP contribution in [0.3, 0.4) is 0 Å². The zero-order chi connectivity index (χ0) is 12.3. The van der Waals surface area contributed by atoms with Crippen molar-refractivity contribution in [3.05, 3.63) is 0 Å². The maximum atomic E-state index is 5.63. The van der Waals surface area contributed by atoms with E-state index in [1.165, 1.54) is 77.0 Å². The third kappa shape index (κ3) is 6.42. The van der Waals surface area contributed by atoms with E-state index < -0.39 is 0 Å². The van der Waals surface area contributed by atoms with E-state index in [0.717, 1.165) is 5.92 Å². The predicted molar refractivity (Wildman–Crippen MR) is 75.7 cm³/mol. The van der Waals surface area contributed by atoms with Gasteiger partial charge in [0.05, 0.1) is 0 Å². The molecular formula is C15H32N2. The van der Waals surface area contributed by atoms with Gasteiger partial charge in [-0.1, -0.05) is 64.7 Å². The lowest BCUT2D eigenvalue weighted by atomic mass is 9.78. The van der Waals surface area contributed by atoms with Gasteiger partial charge >= 0.3 is 0 Å². The standard InChI is InChI=1S/C15H32N2/c1-2-3-4-5-6-7-8-9-13-15(17-16)14-11-10-12-14/h14-15,17H,2-13,16H2,1H3. The van der Waals surface area contributed by atoms with Crippen molar-refractivity contribution in [3.8, 4) is 0 Å². The highest BCUT2D eigenvalue weighted by Crippen LogP contribution is 2.31. The Bertz CT molecular complexity index is 166. The molecule has 0 heterocycles. The fourth-order valence-corrected chi connectivity index (χ4v) is 2.80. The van der Waals surface area contributed by atoms with Crippen molar-refractivity contribution in [2.24, 2.45) is 11.8 Å². The molecule has 17 heavy (non-hydrogen) atoms. The highest BCUT2D eigenvalue weighted by atomic mass is 15.2. The van der Waals surface area contributed by atoms with Gasteiger partial charge < -0.3 is 0 Å². The highest BCUT2D eigenvalue weighted by Gasteiger charge is 2.25. The van der Waals surface area contributed by atoms with Gasteiger partial charge in [-0.15, -0.1) is 0 Å². The zero-order valence-corrected chi connectivity index (χ0v) is 11.7. The summed E-state index contributed by atoms with van der Waals surface area (Å²) in [4.78, 5) is 0. The van der Waals surface area contributed by atoms with Gasteiger partial charge in [0.25, 0.3) is 0 Å². The van der Waals surface area contributed by atoms with E-state index in [-0.39, 0.29) is 0 Å². The maximum Gasteiger partial charge on any atom is 0.0238 e. The Kier molecular flexibility index (Phi) is 8.72. The molecule has 1 aliphatic rings. The molecule has 1 atom stereocenters. The van der Waals surface area contributed by atoms with Crippen LogP contribution in [0, 0.1) is 5.92 Å². The smallest absolute Gasteiger partial charge is 0.0238 e. The monoisotopic (exact) mass is 240 g/mol. The third-order valence-corrected chi connectivity index (χ3v) is 4.30. The second-order valence-electron chi connectivity index (χ2n) is 5.73. The van der Waals surface area contributed by atoms with Crippen molar-refractivity contribution < 1.29 is 0 Å². The first-order valence-corrected chi connectivity index (χ1v) is 7.84. The first-order chi connectivity index (χ1) is 8.38. The van der Waals surface area contributed by atoms with Gasteiger partial charge in [0.15, 0.2) is 0 Å². The maximum absolute atomic E-state index is 5.63. The van der Waals surface area contributed by atoms with E-state index in [0.29, 0.717) is 6.04 Å². The molecule has 2 nitrogen and oxygen atoms in total. The number of hydrogen-bond donors (Lipinski definition) is 2. The van der Waals surface area contributed by atoms with Crippen molar-refractivity contribution in [2.45, 2.75) is 90.0 Å². The fraction of sp³-hybridized carbons (Fsp3) is 1.00. The van der Waals surface area contributed by atoms with Crippen molar-refractivity contribution in [1.82, 2.24) is 5.43 Å². The normalized spacial score (nSPS) is 18.0. The predicted octanol–water partition coefficient (Wildman–Crippen LogP) is 4.15. The molecule has 0 saturated heterocycles. The molecule has 0 bridgehead atoms. The quantitative estimate of drug-likeness (QED) is 0.323. The van der Waals surface area contributed by atoms with Gasteiger partial charge in [0.1, 0.15) is 0 Å². The molecule has 0 aliphatic heterocycles. The summed E-state index contributed by atoms with van der Waals surface area (Å²) >= 11 is 0. The second-order valence-corrected chi connectivity index (χ2v) is 5.73. The third-order valence-electron chi connectivity index (χ3n) is 4.30. The minimum atomic E-state index is 0.601. The molecule has 0 aromatic carbocycles. The van der Waals surface area contributed by atoms with Gasteiger partial charge in [0, 0.05) is 6.04 Å². The lowest BCUT2D eigenvalue weighted by molar-refractivity contribution is 0.217. The molecule has 1 rings (SSSR count). The summed E-state index contributed by atoms with van der Waals surface area (Å²) in [5.74, 6) is 6.51. The van der Waals surface area contributed by atoms with Crippen LogP contribution in [0.5, 0.6) is 0 Å². The van der Waals surface area contributed by atoms with Crippen molar-refractivity contribution >= 4 is 0 Å². The van der Waals surface area contributed by atoms with Crippen LogP contribution >= 0.6 is 0 Å². The van der Waals surface area contributed by atoms with Crippen molar-refractivity contribution in [2.75, 3.05) is 0 Å². The molecule has 3 N–H and O–H groups in total. The Hall–Kier alpha value is -0.0800. The van der Waals surface area contributed by atoms with Crippen LogP contribution in [-0.2, 0) is 0 Å². The van der Waals surface area contributed by atoms with E-state index in [1.807, 2.05) is 0 Å². The molecule has 0 aromatic heterocycles. The SMILES string of the molecule is CCCCCCCCCCC(NN)C1CCC1. The van der Waals surface area contributed by atoms with Crippen LogP contribution in [0.4, 0.5) is 0 Å². The summed E-state index contributed by atoms with van der Waals surface area (Å²) in [6.45, 7) is 2.28. The van der Waals surface area contributed by atoms with Crippen LogP contribution in [-0.4, -0.2) is 6.04 Å². The number of unbranched alkanes of at least 4 members (excludes halogenated alkanes) is 7. The van der Waals surface area contributed by atoms with Crippen LogP contribution in [0.1, 0.15) is 84.0 Å². The molecule has 1 aliphatic carbocycles. The molecule has 0 radical (unpaired) electrons. The minimum absolute atomic E-state index is 0.601. The van der Waals surface area contributed by atoms with Crippen LogP contribution in [0.2, 0.25) is 0 Å². The Morgan fingerprint density at radius 3 is 2.06 bits per heavy atom. The summed E-state index contributed by atoms with van der Waals surface area (Å²) < 4.78 is 0. The van der Waals surface area contributed by atoms with E-state index in [4.69, 9.17) is 5.84 Å².